The average Bonchev–Trinajstić information content (AvgIpc) is 3.00. The second-order valence-electron chi connectivity index (χ2n) is 5.09. The monoisotopic (exact) mass is 388 g/mol. The molecule has 1 amide bonds. The molecule has 4 atom stereocenters. The number of fused-ring (bicyclic) bond motifs is 1. The van der Waals surface area contributed by atoms with Gasteiger partial charge in [0.2, 0.25) is 5.91 Å². The van der Waals surface area contributed by atoms with Gasteiger partial charge < -0.3 is 5.73 Å². The number of alkyl halides is 1. The van der Waals surface area contributed by atoms with Gasteiger partial charge in [-0.05, 0) is 44.5 Å². The number of amides is 1. The lowest BCUT2D eigenvalue weighted by molar-refractivity contribution is 0.1000. The van der Waals surface area contributed by atoms with E-state index in [1.807, 2.05) is 6.07 Å². The highest BCUT2D eigenvalue weighted by Gasteiger charge is 2.47. The van der Waals surface area contributed by atoms with Crippen molar-refractivity contribution in [2.75, 3.05) is 7.05 Å². The molecule has 1 saturated heterocycles. The van der Waals surface area contributed by atoms with E-state index in [-0.39, 0.29) is 0 Å². The summed E-state index contributed by atoms with van der Waals surface area (Å²) in [6.07, 6.45) is 4.17. The smallest absolute Gasteiger partial charge is 0.248 e. The van der Waals surface area contributed by atoms with Crippen LogP contribution in [0.25, 0.3) is 0 Å². The van der Waals surface area contributed by atoms with Crippen LogP contribution < -0.4 is 5.73 Å². The van der Waals surface area contributed by atoms with Gasteiger partial charge in [0, 0.05) is 26.9 Å². The van der Waals surface area contributed by atoms with Crippen LogP contribution in [-0.4, -0.2) is 34.8 Å². The molecular weight excluding hydrogens is 372 g/mol. The number of carbonyl (C=O) groups is 1. The maximum atomic E-state index is 10.6. The van der Waals surface area contributed by atoms with Crippen molar-refractivity contribution in [3.05, 3.63) is 34.3 Å². The molecule has 2 N–H and O–H groups in total. The molecule has 1 aromatic carbocycles. The molecule has 3 nitrogen and oxygen atoms in total. The van der Waals surface area contributed by atoms with Crippen LogP contribution in [0.3, 0.4) is 0 Å². The van der Waals surface area contributed by atoms with Crippen molar-refractivity contribution in [2.45, 2.75) is 36.2 Å². The highest BCUT2D eigenvalue weighted by molar-refractivity contribution is 9.10. The Kier molecular flexibility index (Phi) is 5.03. The van der Waals surface area contributed by atoms with Gasteiger partial charge in [-0.2, -0.15) is 0 Å². The molecule has 2 aliphatic rings. The van der Waals surface area contributed by atoms with E-state index >= 15 is 0 Å². The fraction of sp³-hybridized carbons (Fsp3) is 0.500. The van der Waals surface area contributed by atoms with E-state index in [4.69, 9.17) is 5.73 Å². The Labute approximate surface area is 130 Å². The summed E-state index contributed by atoms with van der Waals surface area (Å²) in [7, 11) is 2.24. The van der Waals surface area contributed by atoms with Crippen molar-refractivity contribution < 1.29 is 4.79 Å². The largest absolute Gasteiger partial charge is 0.366 e. The Hall–Kier alpha value is -0.390. The van der Waals surface area contributed by atoms with E-state index in [0.29, 0.717) is 5.56 Å². The van der Waals surface area contributed by atoms with Crippen LogP contribution in [0.5, 0.6) is 0 Å². The summed E-state index contributed by atoms with van der Waals surface area (Å²) < 4.78 is 0.865. The Bertz CT molecular complexity index is 467. The van der Waals surface area contributed by atoms with Gasteiger partial charge >= 0.3 is 0 Å². The molecular formula is C14H18Br2N2O. The fourth-order valence-electron chi connectivity index (χ4n) is 2.57. The Morgan fingerprint density at radius 1 is 1.37 bits per heavy atom. The minimum absolute atomic E-state index is 0.402. The summed E-state index contributed by atoms with van der Waals surface area (Å²) in [5.41, 5.74) is 5.55. The zero-order valence-corrected chi connectivity index (χ0v) is 14.0. The number of carbonyl (C=O) groups excluding carboxylic acids is 1. The second-order valence-corrected chi connectivity index (χ2v) is 7.30. The number of hydrogen-bond acceptors (Lipinski definition) is 2. The first-order chi connectivity index (χ1) is 8.99. The topological polar surface area (TPSA) is 46.1 Å². The van der Waals surface area contributed by atoms with Crippen LogP contribution in [0, 0.1) is 0 Å². The number of likely N-dealkylation sites (tertiary alicyclic amines) is 1. The van der Waals surface area contributed by atoms with E-state index in [1.165, 1.54) is 19.3 Å². The van der Waals surface area contributed by atoms with Crippen molar-refractivity contribution >= 4 is 37.8 Å². The van der Waals surface area contributed by atoms with Gasteiger partial charge in [-0.15, -0.1) is 0 Å². The molecule has 0 spiro atoms. The predicted octanol–water partition coefficient (Wildman–Crippen LogP) is 3.16. The van der Waals surface area contributed by atoms with Crippen molar-refractivity contribution in [3.63, 3.8) is 0 Å². The Morgan fingerprint density at radius 3 is 2.58 bits per heavy atom. The number of halogens is 2. The predicted molar refractivity (Wildman–Crippen MR) is 84.6 cm³/mol. The Balaban J connectivity index is 0.000000141. The molecule has 2 fully saturated rings. The number of nitrogens with zero attached hydrogens (tertiary/aromatic N) is 1. The molecule has 19 heavy (non-hydrogen) atoms. The van der Waals surface area contributed by atoms with E-state index in [9.17, 15) is 4.79 Å². The van der Waals surface area contributed by atoms with Gasteiger partial charge in [0.25, 0.3) is 0 Å². The van der Waals surface area contributed by atoms with Gasteiger partial charge in [0.05, 0.1) is 0 Å². The van der Waals surface area contributed by atoms with Gasteiger partial charge in [0.1, 0.15) is 0 Å². The third kappa shape index (κ3) is 4.04. The quantitative estimate of drug-likeness (QED) is 0.592. The lowest BCUT2D eigenvalue weighted by Crippen LogP contribution is -2.11. The standard InChI is InChI=1S/C7H6BrNO.C7H12BrN/c8-6-3-1-2-5(4-6)7(9)10;1-9-6-3-2-5(8)4-7(6)9/h1-4H,(H2,9,10);5-7H,2-4H2,1H3. The van der Waals surface area contributed by atoms with Gasteiger partial charge in [-0.1, -0.05) is 37.9 Å². The maximum Gasteiger partial charge on any atom is 0.248 e. The zero-order valence-electron chi connectivity index (χ0n) is 10.9. The minimum atomic E-state index is -0.402. The van der Waals surface area contributed by atoms with Crippen molar-refractivity contribution in [2.24, 2.45) is 5.73 Å². The third-order valence-electron chi connectivity index (χ3n) is 3.78. The van der Waals surface area contributed by atoms with E-state index in [0.717, 1.165) is 21.4 Å². The second kappa shape index (κ2) is 6.37. The molecule has 5 heteroatoms. The average molecular weight is 390 g/mol. The first-order valence-electron chi connectivity index (χ1n) is 6.40. The number of nitrogens with two attached hydrogens (primary N) is 1. The van der Waals surface area contributed by atoms with Crippen LogP contribution >= 0.6 is 31.9 Å². The van der Waals surface area contributed by atoms with Gasteiger partial charge in [-0.3, -0.25) is 9.69 Å². The minimum Gasteiger partial charge on any atom is -0.366 e. The van der Waals surface area contributed by atoms with E-state index in [2.05, 4.69) is 43.8 Å². The van der Waals surface area contributed by atoms with Crippen molar-refractivity contribution in [1.29, 1.82) is 0 Å². The summed E-state index contributed by atoms with van der Waals surface area (Å²) in [5.74, 6) is -0.402. The SMILES string of the molecule is CN1C2CCC(Br)CC21.NC(=O)c1cccc(Br)c1. The molecule has 1 aliphatic heterocycles. The summed E-state index contributed by atoms with van der Waals surface area (Å²) in [6, 6.07) is 8.86. The number of hydrogen-bond donors (Lipinski definition) is 1. The summed E-state index contributed by atoms with van der Waals surface area (Å²) >= 11 is 6.88. The van der Waals surface area contributed by atoms with Crippen LogP contribution in [-0.2, 0) is 0 Å². The summed E-state index contributed by atoms with van der Waals surface area (Å²) in [5, 5.41) is 0. The van der Waals surface area contributed by atoms with Crippen molar-refractivity contribution in [3.8, 4) is 0 Å². The zero-order chi connectivity index (χ0) is 14.0. The van der Waals surface area contributed by atoms with Crippen LogP contribution in [0.1, 0.15) is 29.6 Å². The molecule has 0 bridgehead atoms. The highest BCUT2D eigenvalue weighted by Crippen LogP contribution is 2.40. The van der Waals surface area contributed by atoms with Gasteiger partial charge in [0.15, 0.2) is 0 Å². The van der Waals surface area contributed by atoms with E-state index < -0.39 is 5.91 Å². The Morgan fingerprint density at radius 2 is 2.11 bits per heavy atom. The first kappa shape index (κ1) is 15.0. The fourth-order valence-corrected chi connectivity index (χ4v) is 3.61. The van der Waals surface area contributed by atoms with Gasteiger partial charge in [-0.25, -0.2) is 0 Å². The number of rotatable bonds is 1. The maximum absolute atomic E-state index is 10.6. The summed E-state index contributed by atoms with van der Waals surface area (Å²) in [6.45, 7) is 0. The molecule has 1 aliphatic carbocycles. The molecule has 0 radical (unpaired) electrons. The molecule has 1 heterocycles. The number of likely N-dealkylation sites (N-methyl/N-ethyl adjacent to an activating group) is 1. The highest BCUT2D eigenvalue weighted by atomic mass is 79.9. The van der Waals surface area contributed by atoms with Crippen LogP contribution in [0.4, 0.5) is 0 Å². The third-order valence-corrected chi connectivity index (χ3v) is 5.11. The first-order valence-corrected chi connectivity index (χ1v) is 8.11. The molecule has 1 saturated carbocycles. The number of primary amides is 1. The lowest BCUT2D eigenvalue weighted by atomic mass is 10.0. The number of benzene rings is 1. The van der Waals surface area contributed by atoms with Crippen molar-refractivity contribution in [1.82, 2.24) is 4.90 Å². The normalized spacial score (nSPS) is 31.7. The molecule has 104 valence electrons. The van der Waals surface area contributed by atoms with E-state index in [1.54, 1.807) is 18.2 Å². The molecule has 1 aromatic rings. The van der Waals surface area contributed by atoms with Crippen LogP contribution in [0.15, 0.2) is 28.7 Å². The van der Waals surface area contributed by atoms with Crippen LogP contribution in [0.2, 0.25) is 0 Å². The molecule has 3 rings (SSSR count). The summed E-state index contributed by atoms with van der Waals surface area (Å²) in [4.78, 5) is 13.9. The molecule has 4 unspecified atom stereocenters. The lowest BCUT2D eigenvalue weighted by Gasteiger charge is -2.11. The molecule has 0 aromatic heterocycles.